The van der Waals surface area contributed by atoms with Crippen LogP contribution in [0.3, 0.4) is 0 Å². The first-order valence-electron chi connectivity index (χ1n) is 46.1. The van der Waals surface area contributed by atoms with Crippen molar-refractivity contribution in [2.24, 2.45) is 82.9 Å². The van der Waals surface area contributed by atoms with Gasteiger partial charge in [0.15, 0.2) is 70.4 Å². The van der Waals surface area contributed by atoms with Crippen LogP contribution in [0.25, 0.3) is 0 Å². The number of sulfone groups is 3. The van der Waals surface area contributed by atoms with Crippen molar-refractivity contribution in [2.45, 2.75) is 314 Å². The Labute approximate surface area is 831 Å². The molecule has 0 unspecified atom stereocenters. The largest absolute Gasteiger partial charge is 0.352 e. The Morgan fingerprint density at radius 2 is 0.859 bits per heavy atom. The van der Waals surface area contributed by atoms with Crippen LogP contribution in [0.5, 0.6) is 0 Å². The monoisotopic (exact) mass is 1980 g/mol. The molecule has 0 aliphatic carbocycles. The molecule has 3 amide bonds. The number of hydrogen-bond donors (Lipinski definition) is 2. The molecule has 135 heavy (non-hydrogen) atoms. The van der Waals surface area contributed by atoms with Gasteiger partial charge in [0.2, 0.25) is 29.3 Å². The zero-order valence-electron chi connectivity index (χ0n) is 91.8. The fourth-order valence-corrected chi connectivity index (χ4v) is 11.6. The number of hydrogen-bond acceptors (Lipinski definition) is 20. The number of halogens is 1. The van der Waals surface area contributed by atoms with E-state index in [1.807, 2.05) is 231 Å². The van der Waals surface area contributed by atoms with Crippen LogP contribution in [0.1, 0.15) is 308 Å². The number of Topliss-reactive ketones (excluding diaryl/α,β-unsaturated/α-hetero) is 4. The zero-order valence-corrected chi connectivity index (χ0v) is 95.0. The second-order valence-electron chi connectivity index (χ2n) is 37.3. The normalized spacial score (nSPS) is 10.2. The molecular formula is C108H192ClN5O18S3. The van der Waals surface area contributed by atoms with Gasteiger partial charge in [-0.25, -0.2) is 25.3 Å². The summed E-state index contributed by atoms with van der Waals surface area (Å²) in [5, 5.41) is 14.9. The van der Waals surface area contributed by atoms with Crippen LogP contribution in [0.2, 0.25) is 0 Å². The van der Waals surface area contributed by atoms with Crippen LogP contribution >= 0.6 is 11.6 Å². The highest BCUT2D eigenvalue weighted by atomic mass is 35.5. The molecule has 0 aliphatic heterocycles. The predicted octanol–water partition coefficient (Wildman–Crippen LogP) is 23.1. The van der Waals surface area contributed by atoms with Gasteiger partial charge in [0.05, 0.1) is 17.3 Å². The van der Waals surface area contributed by atoms with Crippen molar-refractivity contribution >= 4 is 111 Å². The molecule has 0 radical (unpaired) electrons. The minimum atomic E-state index is -2.99. The van der Waals surface area contributed by atoms with Gasteiger partial charge >= 0.3 is 0 Å². The van der Waals surface area contributed by atoms with Crippen LogP contribution < -0.4 is 10.6 Å². The zero-order chi connectivity index (χ0) is 111. The van der Waals surface area contributed by atoms with Crippen molar-refractivity contribution in [3.05, 3.63) is 134 Å². The Morgan fingerprint density at radius 1 is 0.467 bits per heavy atom. The number of carbonyl (C=O) groups excluding carboxylic acids is 12. The third-order valence-corrected chi connectivity index (χ3v) is 20.1. The van der Waals surface area contributed by atoms with Crippen LogP contribution in [-0.4, -0.2) is 168 Å². The van der Waals surface area contributed by atoms with Crippen molar-refractivity contribution < 1.29 is 82.8 Å². The predicted molar refractivity (Wildman–Crippen MR) is 576 cm³/mol. The molecule has 0 fully saturated rings. The molecule has 0 rings (SSSR count). The lowest BCUT2D eigenvalue weighted by molar-refractivity contribution is -0.126. The molecule has 0 aromatic carbocycles. The lowest BCUT2D eigenvalue weighted by Gasteiger charge is -2.18. The highest BCUT2D eigenvalue weighted by molar-refractivity contribution is 7.95. The van der Waals surface area contributed by atoms with Crippen molar-refractivity contribution in [2.75, 3.05) is 57.4 Å². The van der Waals surface area contributed by atoms with E-state index in [2.05, 4.69) is 83.0 Å². The number of rotatable bonds is 41. The van der Waals surface area contributed by atoms with Crippen LogP contribution in [0, 0.1) is 118 Å². The second-order valence-corrected chi connectivity index (χ2v) is 43.9. The molecule has 0 saturated heterocycles. The Morgan fingerprint density at radius 3 is 1.06 bits per heavy atom. The van der Waals surface area contributed by atoms with E-state index in [1.165, 1.54) is 36.6 Å². The lowest BCUT2D eigenvalue weighted by atomic mass is 10.0. The van der Waals surface area contributed by atoms with Crippen LogP contribution in [0.4, 0.5) is 0 Å². The average molecular weight is 1980 g/mol. The highest BCUT2D eigenvalue weighted by Crippen LogP contribution is 2.11. The summed E-state index contributed by atoms with van der Waals surface area (Å²) in [5.74, 6) is 13.6. The van der Waals surface area contributed by atoms with E-state index < -0.39 is 29.5 Å². The highest BCUT2D eigenvalue weighted by Gasteiger charge is 2.15. The summed E-state index contributed by atoms with van der Waals surface area (Å²) in [4.78, 5) is 132. The first-order chi connectivity index (χ1) is 61.3. The summed E-state index contributed by atoms with van der Waals surface area (Å²) in [6.45, 7) is 96.0. The van der Waals surface area contributed by atoms with Gasteiger partial charge in [-0.3, -0.25) is 62.9 Å². The molecule has 0 heterocycles. The third kappa shape index (κ3) is 162. The van der Waals surface area contributed by atoms with Crippen LogP contribution in [0.15, 0.2) is 134 Å². The second kappa shape index (κ2) is 103. The van der Waals surface area contributed by atoms with E-state index in [1.54, 1.807) is 83.1 Å². The van der Waals surface area contributed by atoms with E-state index in [9.17, 15) is 82.8 Å². The number of terminal acetylenes is 1. The smallest absolute Gasteiger partial charge is 0.245 e. The van der Waals surface area contributed by atoms with Gasteiger partial charge < -0.3 is 15.1 Å². The number of likely N-dealkylation sites (N-methyl/N-ethyl adjacent to an activating group) is 2. The molecule has 0 bridgehead atoms. The topological polar surface area (TPSA) is 362 Å². The maximum atomic E-state index is 11.1. The molecule has 2 N–H and O–H groups in total. The summed E-state index contributed by atoms with van der Waals surface area (Å²) in [6.07, 6.45) is 26.8. The maximum absolute atomic E-state index is 11.1. The number of nitriles is 1. The maximum Gasteiger partial charge on any atom is 0.245 e. The molecule has 0 saturated carbocycles. The average Bonchev–Trinajstić information content (AvgIpc) is 0.897. The number of amides is 3. The van der Waals surface area contributed by atoms with E-state index in [0.29, 0.717) is 110 Å². The number of alkyl halides is 1. The molecule has 0 spiro atoms. The minimum absolute atomic E-state index is 0.0231. The SMILES string of the molecule is C#CC(=O)CC(C)C.C/C=C/C(=O)CC(C)C.C/C=C/S(=O)(=O)CC(C)C.C=C(C)C(=O)CC(C)C.C=C(C)S(=O)(=O)CC(C)C.C=CC(=O)C(C)C.C=CC(=O)CC(C)C.C=CC(=O)N(C)C(C)C.C=CC(=O)NCC(C)C.C=CS(=O)(=O)CC(C)C.CC#CC(=O)CC(C)C.CC(C)=CC(=O)C(C)C.CC(C)C(=O)NC#N.CC(C)CC(=O)/C=C/CN(C)C.CC(C)CC(=O)CCCl. The first-order valence-corrected chi connectivity index (χ1v) is 51.8. The van der Waals surface area contributed by atoms with E-state index in [0.717, 1.165) is 24.1 Å². The summed E-state index contributed by atoms with van der Waals surface area (Å²) < 4.78 is 65.4. The van der Waals surface area contributed by atoms with Crippen molar-refractivity contribution in [3.8, 4) is 30.4 Å². The third-order valence-electron chi connectivity index (χ3n) is 14.3. The van der Waals surface area contributed by atoms with Crippen molar-refractivity contribution in [1.29, 1.82) is 5.26 Å². The molecule has 27 heteroatoms. The van der Waals surface area contributed by atoms with Gasteiger partial charge in [-0.05, 0) is 201 Å². The standard InChI is InChI=1S/C10H19NO.3C8H14O.C8H12O.C7H13ClO.2C7H13NO.2C7H14O2S.C7H12O.C7H10O.C6H12O2S.C6H10O.C5H8N2O/c1-9(2)8-10(12)6-5-7-11(3)4;2*1-6(2)5-8(9)7(3)4;2*1-4-5-8(9)6-7(2)3;1-6(2)5-7(9)3-4-8;1-5-7(9)8(4)6(2)3;1-4-7(9)8-5-6(2)3;1-6(2)5-10(8,9)7(3)4;1-4-5-10(8,9)6-7(2)3;2*1-4-7(8)5-6(2)3;1-4-9(7,8)5-6(2)3;1-4-6(7)5(2)3;1-4(2)5(8)7-3-6/h5-6,9H,7-8H2,1-4H3;5,7H,1-4H3;6H,3,5H2,1-2,4H3;4-5,7H,6H2,1-3H3;7H,6H2,1-3H3;6H,3-5H2,1-2H3;5-6H,1H2,2-4H3;4,6H,1,5H2,2-3H3,(H,8,9);6H,3,5H2,1-2,4H3;4-5,7H,6H2,1-3H3;4,6H,1,5H2,2-3H3;1,6H,5H2,2-3H3;4,6H,1,5H2,2-3H3;4-5H,1H2,2-3H3;4H,1-2H3,(H,7,8)/b6-5+;;;5-4+;;;;;;5-4+;;;;;. The van der Waals surface area contributed by atoms with Gasteiger partial charge in [0.25, 0.3) is 0 Å². The van der Waals surface area contributed by atoms with E-state index in [-0.39, 0.29) is 133 Å². The number of nitrogens with one attached hydrogen (secondary N) is 2. The van der Waals surface area contributed by atoms with Gasteiger partial charge in [0, 0.05) is 117 Å². The minimum Gasteiger partial charge on any atom is -0.352 e. The molecular weight excluding hydrogens is 1790 g/mol. The Bertz CT molecular complexity index is 3980. The molecule has 0 aliphatic rings. The first kappa shape index (κ1) is 160. The molecule has 0 aromatic heterocycles. The molecule has 0 aromatic rings. The number of nitrogens with zero attached hydrogens (tertiary/aromatic N) is 3. The quantitative estimate of drug-likeness (QED) is 0.0143. The van der Waals surface area contributed by atoms with Crippen LogP contribution in [-0.2, 0) is 87.0 Å². The fraction of sp³-hybridized carbons (Fsp3) is 0.639. The Hall–Kier alpha value is -8.71. The Balaban J connectivity index is -0.0000000880. The van der Waals surface area contributed by atoms with Crippen molar-refractivity contribution in [1.82, 2.24) is 20.4 Å². The van der Waals surface area contributed by atoms with Gasteiger partial charge in [0.1, 0.15) is 5.78 Å². The van der Waals surface area contributed by atoms with Gasteiger partial charge in [-0.2, -0.15) is 5.26 Å². The van der Waals surface area contributed by atoms with Gasteiger partial charge in [-0.1, -0.05) is 270 Å². The summed E-state index contributed by atoms with van der Waals surface area (Å²) >= 11 is 5.36. The Kier molecular flexibility index (Phi) is 122. The number of carbonyl (C=O) groups is 12. The summed E-state index contributed by atoms with van der Waals surface area (Å²) in [6, 6.07) is 0.260. The van der Waals surface area contributed by atoms with E-state index in [4.69, 9.17) is 23.3 Å². The number of ketones is 9. The summed E-state index contributed by atoms with van der Waals surface area (Å²) in [7, 11) is -3.13. The summed E-state index contributed by atoms with van der Waals surface area (Å²) in [5.41, 5.74) is 1.75. The molecule has 23 nitrogen and oxygen atoms in total. The van der Waals surface area contributed by atoms with E-state index >= 15 is 0 Å². The number of allylic oxidation sites excluding steroid dienone is 10. The van der Waals surface area contributed by atoms with Crippen molar-refractivity contribution in [3.63, 3.8) is 0 Å². The molecule has 782 valence electrons. The lowest BCUT2D eigenvalue weighted by Crippen LogP contribution is -2.31. The van der Waals surface area contributed by atoms with Gasteiger partial charge in [-0.15, -0.1) is 18.0 Å². The fourth-order valence-electron chi connectivity index (χ4n) is 7.71. The molecule has 0 atom stereocenters.